The van der Waals surface area contributed by atoms with Crippen molar-refractivity contribution in [2.24, 2.45) is 7.05 Å². The van der Waals surface area contributed by atoms with Gasteiger partial charge >= 0.3 is 6.03 Å². The van der Waals surface area contributed by atoms with E-state index in [0.717, 1.165) is 30.6 Å². The summed E-state index contributed by atoms with van der Waals surface area (Å²) >= 11 is 0. The number of hydrogen-bond donors (Lipinski definition) is 1. The van der Waals surface area contributed by atoms with E-state index in [1.54, 1.807) is 17.1 Å². The van der Waals surface area contributed by atoms with Gasteiger partial charge in [0.2, 0.25) is 0 Å². The van der Waals surface area contributed by atoms with Crippen LogP contribution in [0, 0.1) is 0 Å². The van der Waals surface area contributed by atoms with Crippen molar-refractivity contribution in [1.29, 1.82) is 0 Å². The molecule has 7 heteroatoms. The van der Waals surface area contributed by atoms with Gasteiger partial charge in [0, 0.05) is 50.9 Å². The Balaban J connectivity index is 1.49. The fourth-order valence-corrected chi connectivity index (χ4v) is 3.07. The molecule has 3 rings (SSSR count). The zero-order valence-electron chi connectivity index (χ0n) is 14.8. The van der Waals surface area contributed by atoms with Gasteiger partial charge in [0.1, 0.15) is 11.9 Å². The van der Waals surface area contributed by atoms with Gasteiger partial charge in [0.15, 0.2) is 0 Å². The summed E-state index contributed by atoms with van der Waals surface area (Å²) in [7, 11) is 1.88. The average molecular weight is 343 g/mol. The first kappa shape index (κ1) is 17.3. The first-order valence-electron chi connectivity index (χ1n) is 8.76. The van der Waals surface area contributed by atoms with E-state index in [1.165, 1.54) is 0 Å². The lowest BCUT2D eigenvalue weighted by molar-refractivity contribution is 0.109. The maximum atomic E-state index is 12.5. The summed E-state index contributed by atoms with van der Waals surface area (Å²) in [5.41, 5.74) is 1.04. The molecule has 0 saturated carbocycles. The van der Waals surface area contributed by atoms with Crippen LogP contribution in [-0.4, -0.2) is 44.9 Å². The number of carbonyl (C=O) groups is 1. The Bertz CT molecular complexity index is 680. The second-order valence-corrected chi connectivity index (χ2v) is 6.35. The summed E-state index contributed by atoms with van der Waals surface area (Å²) in [5, 5.41) is 7.30. The summed E-state index contributed by atoms with van der Waals surface area (Å²) < 4.78 is 7.68. The van der Waals surface area contributed by atoms with Crippen molar-refractivity contribution in [2.75, 3.05) is 13.1 Å². The molecule has 1 aliphatic rings. The van der Waals surface area contributed by atoms with Crippen molar-refractivity contribution in [3.05, 3.63) is 42.5 Å². The number of carbonyl (C=O) groups excluding carboxylic acids is 1. The predicted molar refractivity (Wildman–Crippen MR) is 94.2 cm³/mol. The molecule has 1 N–H and O–H groups in total. The van der Waals surface area contributed by atoms with Gasteiger partial charge in [-0.05, 0) is 18.6 Å². The van der Waals surface area contributed by atoms with Gasteiger partial charge in [-0.3, -0.25) is 9.67 Å². The minimum absolute atomic E-state index is 0.00873. The Morgan fingerprint density at radius 3 is 2.80 bits per heavy atom. The largest absolute Gasteiger partial charge is 0.489 e. The number of hydrogen-bond acceptors (Lipinski definition) is 4. The van der Waals surface area contributed by atoms with Crippen LogP contribution in [0.3, 0.4) is 0 Å². The quantitative estimate of drug-likeness (QED) is 0.905. The average Bonchev–Trinajstić information content (AvgIpc) is 3.07. The normalized spacial score (nSPS) is 16.5. The van der Waals surface area contributed by atoms with E-state index >= 15 is 0 Å². The fourth-order valence-electron chi connectivity index (χ4n) is 3.07. The molecule has 1 aliphatic heterocycles. The molecular weight excluding hydrogens is 318 g/mol. The molecule has 0 unspecified atom stereocenters. The molecule has 0 bridgehead atoms. The summed E-state index contributed by atoms with van der Waals surface area (Å²) in [6.45, 7) is 3.45. The molecule has 2 aromatic heterocycles. The number of likely N-dealkylation sites (tertiary alicyclic amines) is 1. The number of amides is 2. The van der Waals surface area contributed by atoms with Gasteiger partial charge in [-0.15, -0.1) is 0 Å². The van der Waals surface area contributed by atoms with Crippen LogP contribution in [0.5, 0.6) is 5.75 Å². The molecule has 7 nitrogen and oxygen atoms in total. The molecule has 25 heavy (non-hydrogen) atoms. The fraction of sp³-hybridized carbons (Fsp3) is 0.500. The Kier molecular flexibility index (Phi) is 5.53. The minimum Gasteiger partial charge on any atom is -0.489 e. The topological polar surface area (TPSA) is 72.3 Å². The molecule has 0 aromatic carbocycles. The third-order valence-corrected chi connectivity index (χ3v) is 4.50. The van der Waals surface area contributed by atoms with Crippen molar-refractivity contribution in [1.82, 2.24) is 25.0 Å². The number of nitrogens with one attached hydrogen (secondary N) is 1. The molecule has 3 heterocycles. The molecule has 2 aromatic rings. The Hall–Kier alpha value is -2.57. The highest BCUT2D eigenvalue weighted by Crippen LogP contribution is 2.20. The Morgan fingerprint density at radius 1 is 1.40 bits per heavy atom. The van der Waals surface area contributed by atoms with Crippen LogP contribution in [0.2, 0.25) is 0 Å². The van der Waals surface area contributed by atoms with Crippen LogP contribution in [0.25, 0.3) is 0 Å². The van der Waals surface area contributed by atoms with Gasteiger partial charge in [-0.2, -0.15) is 5.10 Å². The summed E-state index contributed by atoms with van der Waals surface area (Å²) in [6.07, 6.45) is 9.82. The molecule has 1 fully saturated rings. The number of aromatic nitrogens is 3. The van der Waals surface area contributed by atoms with Gasteiger partial charge in [-0.1, -0.05) is 6.92 Å². The number of urea groups is 1. The molecule has 0 spiro atoms. The second kappa shape index (κ2) is 8.00. The zero-order chi connectivity index (χ0) is 17.6. The highest BCUT2D eigenvalue weighted by molar-refractivity contribution is 5.74. The third kappa shape index (κ3) is 4.49. The maximum Gasteiger partial charge on any atom is 0.317 e. The third-order valence-electron chi connectivity index (χ3n) is 4.50. The minimum atomic E-state index is -0.0180. The molecular formula is C18H25N5O2. The number of pyridine rings is 1. The van der Waals surface area contributed by atoms with Crippen LogP contribution in [0.4, 0.5) is 4.79 Å². The standard InChI is InChI=1S/C18H25N5O2/c1-3-17(14-11-20-22(2)13-14)21-18(24)23-9-6-15(7-10-23)25-16-5-4-8-19-12-16/h4-5,8,11-13,15,17H,3,6-7,9-10H2,1-2H3,(H,21,24)/t17-/m0/s1. The van der Waals surface area contributed by atoms with E-state index in [4.69, 9.17) is 4.74 Å². The lowest BCUT2D eigenvalue weighted by Crippen LogP contribution is -2.47. The second-order valence-electron chi connectivity index (χ2n) is 6.35. The van der Waals surface area contributed by atoms with Gasteiger partial charge in [0.05, 0.1) is 18.4 Å². The van der Waals surface area contributed by atoms with Crippen LogP contribution in [0.1, 0.15) is 37.8 Å². The van der Waals surface area contributed by atoms with E-state index in [1.807, 2.05) is 36.5 Å². The SMILES string of the molecule is CC[C@H](NC(=O)N1CCC(Oc2cccnc2)CC1)c1cnn(C)c1. The van der Waals surface area contributed by atoms with Crippen LogP contribution in [0.15, 0.2) is 36.9 Å². The van der Waals surface area contributed by atoms with Crippen molar-refractivity contribution in [2.45, 2.75) is 38.3 Å². The van der Waals surface area contributed by atoms with Crippen molar-refractivity contribution >= 4 is 6.03 Å². The molecule has 2 amide bonds. The van der Waals surface area contributed by atoms with Gasteiger partial charge < -0.3 is 15.0 Å². The van der Waals surface area contributed by atoms with E-state index < -0.39 is 0 Å². The van der Waals surface area contributed by atoms with Crippen LogP contribution < -0.4 is 10.1 Å². The zero-order valence-corrected chi connectivity index (χ0v) is 14.8. The number of nitrogens with zero attached hydrogens (tertiary/aromatic N) is 4. The lowest BCUT2D eigenvalue weighted by Gasteiger charge is -2.33. The Labute approximate surface area is 148 Å². The van der Waals surface area contributed by atoms with Gasteiger partial charge in [-0.25, -0.2) is 4.79 Å². The summed E-state index contributed by atoms with van der Waals surface area (Å²) in [5.74, 6) is 0.785. The number of aryl methyl sites for hydroxylation is 1. The van der Waals surface area contributed by atoms with Crippen molar-refractivity contribution in [3.8, 4) is 5.75 Å². The van der Waals surface area contributed by atoms with Crippen molar-refractivity contribution < 1.29 is 9.53 Å². The first-order chi connectivity index (χ1) is 12.2. The van der Waals surface area contributed by atoms with E-state index in [9.17, 15) is 4.79 Å². The number of rotatable bonds is 5. The molecule has 0 radical (unpaired) electrons. The smallest absolute Gasteiger partial charge is 0.317 e. The molecule has 1 saturated heterocycles. The number of ether oxygens (including phenoxy) is 1. The maximum absolute atomic E-state index is 12.5. The van der Waals surface area contributed by atoms with E-state index in [0.29, 0.717) is 13.1 Å². The summed E-state index contributed by atoms with van der Waals surface area (Å²) in [6, 6.07) is 3.74. The summed E-state index contributed by atoms with van der Waals surface area (Å²) in [4.78, 5) is 18.5. The monoisotopic (exact) mass is 343 g/mol. The molecule has 134 valence electrons. The highest BCUT2D eigenvalue weighted by atomic mass is 16.5. The number of piperidine rings is 1. The van der Waals surface area contributed by atoms with Crippen LogP contribution >= 0.6 is 0 Å². The van der Waals surface area contributed by atoms with E-state index in [2.05, 4.69) is 22.3 Å². The molecule has 0 aliphatic carbocycles. The predicted octanol–water partition coefficient (Wildman–Crippen LogP) is 2.52. The van der Waals surface area contributed by atoms with Gasteiger partial charge in [0.25, 0.3) is 0 Å². The first-order valence-corrected chi connectivity index (χ1v) is 8.76. The Morgan fingerprint density at radius 2 is 2.20 bits per heavy atom. The van der Waals surface area contributed by atoms with Crippen LogP contribution in [-0.2, 0) is 7.05 Å². The van der Waals surface area contributed by atoms with E-state index in [-0.39, 0.29) is 18.2 Å². The lowest BCUT2D eigenvalue weighted by atomic mass is 10.1. The highest BCUT2D eigenvalue weighted by Gasteiger charge is 2.25. The van der Waals surface area contributed by atoms with Crippen molar-refractivity contribution in [3.63, 3.8) is 0 Å². The molecule has 1 atom stereocenters.